The van der Waals surface area contributed by atoms with Crippen LogP contribution in [0.1, 0.15) is 30.5 Å². The molecule has 0 radical (unpaired) electrons. The van der Waals surface area contributed by atoms with Crippen molar-refractivity contribution in [2.24, 2.45) is 11.5 Å². The molecule has 4 N–H and O–H groups in total. The van der Waals surface area contributed by atoms with Crippen LogP contribution in [0.2, 0.25) is 0 Å². The maximum atomic E-state index is 10.9. The second-order valence-electron chi connectivity index (χ2n) is 4.17. The van der Waals surface area contributed by atoms with E-state index in [1.165, 1.54) is 11.1 Å². The molecule has 16 heavy (non-hydrogen) atoms. The van der Waals surface area contributed by atoms with Gasteiger partial charge in [-0.2, -0.15) is 0 Å². The molecule has 0 aliphatic heterocycles. The zero-order valence-electron chi connectivity index (χ0n) is 9.27. The summed E-state index contributed by atoms with van der Waals surface area (Å²) in [4.78, 5) is 10.9. The number of primary amides is 1. The highest BCUT2D eigenvalue weighted by atomic mass is 16.5. The summed E-state index contributed by atoms with van der Waals surface area (Å²) in [6.45, 7) is 1.64. The fourth-order valence-electron chi connectivity index (χ4n) is 1.96. The molecule has 0 spiro atoms. The van der Waals surface area contributed by atoms with Gasteiger partial charge in [0.05, 0.1) is 0 Å². The van der Waals surface area contributed by atoms with E-state index in [1.54, 1.807) is 6.92 Å². The first kappa shape index (κ1) is 11.0. The summed E-state index contributed by atoms with van der Waals surface area (Å²) in [5, 5.41) is 0. The van der Waals surface area contributed by atoms with E-state index in [2.05, 4.69) is 0 Å². The van der Waals surface area contributed by atoms with Crippen molar-refractivity contribution in [1.82, 2.24) is 0 Å². The summed E-state index contributed by atoms with van der Waals surface area (Å²) in [5.74, 6) is 0.219. The third-order valence-electron chi connectivity index (χ3n) is 2.95. The minimum atomic E-state index is -0.604. The maximum absolute atomic E-state index is 10.9. The van der Waals surface area contributed by atoms with Crippen molar-refractivity contribution in [3.05, 3.63) is 29.3 Å². The number of carbonyl (C=O) groups is 1. The van der Waals surface area contributed by atoms with Gasteiger partial charge in [-0.05, 0) is 43.0 Å². The van der Waals surface area contributed by atoms with Crippen LogP contribution in [0.4, 0.5) is 0 Å². The van der Waals surface area contributed by atoms with Crippen LogP contribution in [0.25, 0.3) is 0 Å². The normalized spacial score (nSPS) is 20.2. The number of ether oxygens (including phenoxy) is 1. The second-order valence-corrected chi connectivity index (χ2v) is 4.17. The molecule has 1 unspecified atom stereocenters. The Hall–Kier alpha value is -1.55. The molecule has 1 aliphatic carbocycles. The molecule has 86 valence electrons. The molecule has 1 amide bonds. The zero-order valence-corrected chi connectivity index (χ0v) is 9.27. The third-order valence-corrected chi connectivity index (χ3v) is 2.95. The van der Waals surface area contributed by atoms with Gasteiger partial charge in [0.15, 0.2) is 6.10 Å². The number of carbonyl (C=O) groups excluding carboxylic acids is 1. The van der Waals surface area contributed by atoms with Gasteiger partial charge in [-0.15, -0.1) is 0 Å². The fraction of sp³-hybridized carbons (Fsp3) is 0.417. The lowest BCUT2D eigenvalue weighted by Crippen LogP contribution is -2.30. The largest absolute Gasteiger partial charge is 0.481 e. The third kappa shape index (κ3) is 2.02. The number of aryl methyl sites for hydroxylation is 1. The van der Waals surface area contributed by atoms with Crippen LogP contribution in [0.5, 0.6) is 5.75 Å². The van der Waals surface area contributed by atoms with E-state index < -0.39 is 12.0 Å². The predicted octanol–water partition coefficient (Wildman–Crippen LogP) is 0.885. The topological polar surface area (TPSA) is 78.3 Å². The number of hydrogen-bond donors (Lipinski definition) is 2. The number of hydrogen-bond acceptors (Lipinski definition) is 3. The molecule has 1 aromatic rings. The molecule has 2 rings (SSSR count). The molecule has 1 aromatic carbocycles. The van der Waals surface area contributed by atoms with E-state index in [1.807, 2.05) is 18.2 Å². The highest BCUT2D eigenvalue weighted by Crippen LogP contribution is 2.31. The molecular formula is C12H16N2O2. The van der Waals surface area contributed by atoms with Crippen molar-refractivity contribution in [2.45, 2.75) is 31.9 Å². The summed E-state index contributed by atoms with van der Waals surface area (Å²) in [6, 6.07) is 5.89. The van der Waals surface area contributed by atoms with Gasteiger partial charge in [0.25, 0.3) is 5.91 Å². The Morgan fingerprint density at radius 1 is 1.56 bits per heavy atom. The Morgan fingerprint density at radius 2 is 2.31 bits per heavy atom. The summed E-state index contributed by atoms with van der Waals surface area (Å²) in [7, 11) is 0. The van der Waals surface area contributed by atoms with Gasteiger partial charge in [-0.3, -0.25) is 4.79 Å². The molecule has 1 aliphatic rings. The molecule has 0 saturated heterocycles. The predicted molar refractivity (Wildman–Crippen MR) is 61.0 cm³/mol. The summed E-state index contributed by atoms with van der Waals surface area (Å²) >= 11 is 0. The number of rotatable bonds is 3. The first-order valence-corrected chi connectivity index (χ1v) is 5.42. The lowest BCUT2D eigenvalue weighted by Gasteiger charge is -2.12. The average molecular weight is 220 g/mol. The minimum absolute atomic E-state index is 0.137. The number of benzene rings is 1. The number of amides is 1. The van der Waals surface area contributed by atoms with Crippen LogP contribution >= 0.6 is 0 Å². The van der Waals surface area contributed by atoms with Gasteiger partial charge in [-0.1, -0.05) is 6.07 Å². The van der Waals surface area contributed by atoms with Crippen LogP contribution in [-0.2, 0) is 11.2 Å². The lowest BCUT2D eigenvalue weighted by atomic mass is 10.1. The molecule has 2 atom stereocenters. The molecule has 0 fully saturated rings. The molecule has 0 saturated carbocycles. The van der Waals surface area contributed by atoms with Crippen molar-refractivity contribution < 1.29 is 9.53 Å². The van der Waals surface area contributed by atoms with Crippen molar-refractivity contribution in [3.63, 3.8) is 0 Å². The van der Waals surface area contributed by atoms with Gasteiger partial charge in [0, 0.05) is 6.04 Å². The number of fused-ring (bicyclic) bond motifs is 1. The molecule has 4 heteroatoms. The minimum Gasteiger partial charge on any atom is -0.481 e. The monoisotopic (exact) mass is 220 g/mol. The molecule has 0 bridgehead atoms. The smallest absolute Gasteiger partial charge is 0.258 e. The van der Waals surface area contributed by atoms with Crippen molar-refractivity contribution >= 4 is 5.91 Å². The molecule has 0 heterocycles. The van der Waals surface area contributed by atoms with E-state index in [9.17, 15) is 4.79 Å². The maximum Gasteiger partial charge on any atom is 0.258 e. The summed E-state index contributed by atoms with van der Waals surface area (Å²) in [5.41, 5.74) is 13.5. The average Bonchev–Trinajstić information content (AvgIpc) is 2.60. The van der Waals surface area contributed by atoms with E-state index in [-0.39, 0.29) is 6.04 Å². The van der Waals surface area contributed by atoms with Crippen LogP contribution < -0.4 is 16.2 Å². The van der Waals surface area contributed by atoms with Gasteiger partial charge < -0.3 is 16.2 Å². The first-order valence-electron chi connectivity index (χ1n) is 5.42. The van der Waals surface area contributed by atoms with Gasteiger partial charge >= 0.3 is 0 Å². The van der Waals surface area contributed by atoms with Crippen LogP contribution in [-0.4, -0.2) is 12.0 Å². The summed E-state index contributed by atoms with van der Waals surface area (Å²) in [6.07, 6.45) is 1.34. The number of nitrogens with two attached hydrogens (primary N) is 2. The fourth-order valence-corrected chi connectivity index (χ4v) is 1.96. The van der Waals surface area contributed by atoms with E-state index in [0.717, 1.165) is 12.8 Å². The molecule has 0 aromatic heterocycles. The van der Waals surface area contributed by atoms with Crippen molar-refractivity contribution in [2.75, 3.05) is 0 Å². The van der Waals surface area contributed by atoms with E-state index in [0.29, 0.717) is 5.75 Å². The SMILES string of the molecule is CC(Oc1ccc2c(c1)CC[C@H]2N)C(N)=O. The van der Waals surface area contributed by atoms with Gasteiger partial charge in [-0.25, -0.2) is 0 Å². The van der Waals surface area contributed by atoms with Gasteiger partial charge in [0.2, 0.25) is 0 Å². The second kappa shape index (κ2) is 4.14. The van der Waals surface area contributed by atoms with Crippen LogP contribution in [0.3, 0.4) is 0 Å². The van der Waals surface area contributed by atoms with E-state index >= 15 is 0 Å². The zero-order chi connectivity index (χ0) is 11.7. The van der Waals surface area contributed by atoms with Crippen LogP contribution in [0, 0.1) is 0 Å². The van der Waals surface area contributed by atoms with E-state index in [4.69, 9.17) is 16.2 Å². The molecule has 4 nitrogen and oxygen atoms in total. The van der Waals surface area contributed by atoms with Crippen molar-refractivity contribution in [1.29, 1.82) is 0 Å². The first-order chi connectivity index (χ1) is 7.58. The quantitative estimate of drug-likeness (QED) is 0.793. The Morgan fingerprint density at radius 3 is 3.00 bits per heavy atom. The molecular weight excluding hydrogens is 204 g/mol. The Kier molecular flexibility index (Phi) is 2.83. The Balaban J connectivity index is 2.16. The van der Waals surface area contributed by atoms with Crippen molar-refractivity contribution in [3.8, 4) is 5.75 Å². The highest BCUT2D eigenvalue weighted by molar-refractivity contribution is 5.78. The lowest BCUT2D eigenvalue weighted by molar-refractivity contribution is -0.123. The Bertz CT molecular complexity index is 417. The summed E-state index contributed by atoms with van der Waals surface area (Å²) < 4.78 is 5.42. The standard InChI is InChI=1S/C12H16N2O2/c1-7(12(14)15)16-9-3-4-10-8(6-9)2-5-11(10)13/h3-4,6-7,11H,2,5,13H2,1H3,(H2,14,15)/t7?,11-/m1/s1. The highest BCUT2D eigenvalue weighted by Gasteiger charge is 2.20. The van der Waals surface area contributed by atoms with Gasteiger partial charge in [0.1, 0.15) is 5.75 Å². The van der Waals surface area contributed by atoms with Crippen LogP contribution in [0.15, 0.2) is 18.2 Å². The Labute approximate surface area is 94.6 Å².